The van der Waals surface area contributed by atoms with Crippen LogP contribution in [0.3, 0.4) is 0 Å². The van der Waals surface area contributed by atoms with Crippen molar-refractivity contribution in [2.24, 2.45) is 5.73 Å². The number of nitrogens with zero attached hydrogens (tertiary/aromatic N) is 3. The number of carbonyl (C=O) groups is 2. The first-order valence-electron chi connectivity index (χ1n) is 8.44. The molecular formula is C17H25N5O4. The highest BCUT2D eigenvalue weighted by molar-refractivity contribution is 5.95. The minimum absolute atomic E-state index is 0.00556. The van der Waals surface area contributed by atoms with Gasteiger partial charge in [0.1, 0.15) is 5.69 Å². The van der Waals surface area contributed by atoms with E-state index in [1.165, 1.54) is 13.0 Å². The van der Waals surface area contributed by atoms with Gasteiger partial charge in [0, 0.05) is 56.8 Å². The SMILES string of the molecule is CC(=O)N1CCN(c2ccc(C(=O)NCC(C)(C)N)cc2[N+](=O)[O-])CC1. The predicted octanol–water partition coefficient (Wildman–Crippen LogP) is 0.730. The van der Waals surface area contributed by atoms with E-state index in [1.807, 2.05) is 4.90 Å². The van der Waals surface area contributed by atoms with E-state index in [9.17, 15) is 19.7 Å². The van der Waals surface area contributed by atoms with Gasteiger partial charge in [0.15, 0.2) is 0 Å². The third-order valence-corrected chi connectivity index (χ3v) is 4.20. The maximum atomic E-state index is 12.2. The molecule has 0 atom stereocenters. The van der Waals surface area contributed by atoms with Gasteiger partial charge >= 0.3 is 0 Å². The molecule has 0 radical (unpaired) electrons. The summed E-state index contributed by atoms with van der Waals surface area (Å²) in [5.41, 5.74) is 5.81. The Labute approximate surface area is 152 Å². The number of hydrogen-bond acceptors (Lipinski definition) is 6. The van der Waals surface area contributed by atoms with E-state index in [0.717, 1.165) is 0 Å². The monoisotopic (exact) mass is 363 g/mol. The minimum Gasteiger partial charge on any atom is -0.362 e. The summed E-state index contributed by atoms with van der Waals surface area (Å²) >= 11 is 0. The molecule has 2 rings (SSSR count). The molecule has 9 heteroatoms. The van der Waals surface area contributed by atoms with Gasteiger partial charge in [-0.05, 0) is 26.0 Å². The molecule has 0 saturated carbocycles. The number of hydrogen-bond donors (Lipinski definition) is 2. The molecule has 9 nitrogen and oxygen atoms in total. The number of nitro groups is 1. The summed E-state index contributed by atoms with van der Waals surface area (Å²) in [5.74, 6) is -0.409. The van der Waals surface area contributed by atoms with Gasteiger partial charge in [-0.3, -0.25) is 19.7 Å². The van der Waals surface area contributed by atoms with Crippen molar-refractivity contribution >= 4 is 23.2 Å². The molecule has 1 aliphatic rings. The lowest BCUT2D eigenvalue weighted by atomic mass is 10.1. The van der Waals surface area contributed by atoms with Crippen LogP contribution < -0.4 is 16.0 Å². The van der Waals surface area contributed by atoms with E-state index in [2.05, 4.69) is 5.32 Å². The summed E-state index contributed by atoms with van der Waals surface area (Å²) < 4.78 is 0. The van der Waals surface area contributed by atoms with E-state index >= 15 is 0 Å². The number of rotatable bonds is 5. The summed E-state index contributed by atoms with van der Waals surface area (Å²) in [6.45, 7) is 7.36. The van der Waals surface area contributed by atoms with Crippen molar-refractivity contribution in [2.45, 2.75) is 26.3 Å². The fourth-order valence-corrected chi connectivity index (χ4v) is 2.75. The van der Waals surface area contributed by atoms with Crippen molar-refractivity contribution in [3.63, 3.8) is 0 Å². The van der Waals surface area contributed by atoms with Crippen molar-refractivity contribution in [2.75, 3.05) is 37.6 Å². The molecule has 1 fully saturated rings. The number of nitro benzene ring substituents is 1. The van der Waals surface area contributed by atoms with Gasteiger partial charge in [-0.1, -0.05) is 0 Å². The Morgan fingerprint density at radius 1 is 1.27 bits per heavy atom. The molecule has 142 valence electrons. The molecule has 1 aliphatic heterocycles. The van der Waals surface area contributed by atoms with Crippen LogP contribution in [0.15, 0.2) is 18.2 Å². The fraction of sp³-hybridized carbons (Fsp3) is 0.529. The number of nitrogens with one attached hydrogen (secondary N) is 1. The zero-order valence-electron chi connectivity index (χ0n) is 15.3. The summed E-state index contributed by atoms with van der Waals surface area (Å²) in [4.78, 5) is 38.2. The number of carbonyl (C=O) groups excluding carboxylic acids is 2. The normalized spacial score (nSPS) is 14.9. The molecule has 0 bridgehead atoms. The lowest BCUT2D eigenvalue weighted by Gasteiger charge is -2.35. The number of amides is 2. The molecule has 0 unspecified atom stereocenters. The van der Waals surface area contributed by atoms with Crippen molar-refractivity contribution in [3.05, 3.63) is 33.9 Å². The third kappa shape index (κ3) is 4.92. The quantitative estimate of drug-likeness (QED) is 0.587. The van der Waals surface area contributed by atoms with Crippen LogP contribution in [0.4, 0.5) is 11.4 Å². The minimum atomic E-state index is -0.572. The molecule has 1 saturated heterocycles. The zero-order valence-corrected chi connectivity index (χ0v) is 15.3. The van der Waals surface area contributed by atoms with Crippen LogP contribution in [0.5, 0.6) is 0 Å². The fourth-order valence-electron chi connectivity index (χ4n) is 2.75. The highest BCUT2D eigenvalue weighted by atomic mass is 16.6. The first-order valence-corrected chi connectivity index (χ1v) is 8.44. The van der Waals surface area contributed by atoms with E-state index in [1.54, 1.807) is 30.9 Å². The van der Waals surface area contributed by atoms with Crippen molar-refractivity contribution < 1.29 is 14.5 Å². The average Bonchev–Trinajstić information content (AvgIpc) is 2.58. The lowest BCUT2D eigenvalue weighted by molar-refractivity contribution is -0.384. The van der Waals surface area contributed by atoms with Crippen LogP contribution in [-0.4, -0.2) is 59.9 Å². The second kappa shape index (κ2) is 7.69. The Hall–Kier alpha value is -2.68. The zero-order chi connectivity index (χ0) is 19.5. The highest BCUT2D eigenvalue weighted by Crippen LogP contribution is 2.30. The van der Waals surface area contributed by atoms with Gasteiger partial charge in [0.25, 0.3) is 11.6 Å². The summed E-state index contributed by atoms with van der Waals surface area (Å²) in [6, 6.07) is 4.44. The van der Waals surface area contributed by atoms with Crippen LogP contribution >= 0.6 is 0 Å². The standard InChI is InChI=1S/C17H25N5O4/c1-12(23)20-6-8-21(9-7-20)14-5-4-13(10-15(14)22(25)26)16(24)19-11-17(2,3)18/h4-5,10H,6-9,11,18H2,1-3H3,(H,19,24). The molecule has 0 aromatic heterocycles. The van der Waals surface area contributed by atoms with Crippen LogP contribution in [0, 0.1) is 10.1 Å². The van der Waals surface area contributed by atoms with Gasteiger partial charge in [0.2, 0.25) is 5.91 Å². The van der Waals surface area contributed by atoms with E-state index in [0.29, 0.717) is 31.9 Å². The number of nitrogens with two attached hydrogens (primary N) is 1. The van der Waals surface area contributed by atoms with Gasteiger partial charge in [-0.25, -0.2) is 0 Å². The Kier molecular flexibility index (Phi) is 5.81. The molecule has 2 amide bonds. The average molecular weight is 363 g/mol. The summed E-state index contributed by atoms with van der Waals surface area (Å²) in [7, 11) is 0. The molecule has 3 N–H and O–H groups in total. The van der Waals surface area contributed by atoms with E-state index in [-0.39, 0.29) is 23.7 Å². The maximum absolute atomic E-state index is 12.2. The Morgan fingerprint density at radius 3 is 2.38 bits per heavy atom. The topological polar surface area (TPSA) is 122 Å². The second-order valence-corrected chi connectivity index (χ2v) is 7.12. The van der Waals surface area contributed by atoms with Gasteiger partial charge < -0.3 is 20.9 Å². The largest absolute Gasteiger partial charge is 0.362 e. The van der Waals surface area contributed by atoms with E-state index in [4.69, 9.17) is 5.73 Å². The Morgan fingerprint density at radius 2 is 1.88 bits per heavy atom. The summed E-state index contributed by atoms with van der Waals surface area (Å²) in [5, 5.41) is 14.2. The smallest absolute Gasteiger partial charge is 0.293 e. The molecule has 1 aromatic carbocycles. The van der Waals surface area contributed by atoms with Crippen molar-refractivity contribution in [1.82, 2.24) is 10.2 Å². The Bertz CT molecular complexity index is 706. The van der Waals surface area contributed by atoms with E-state index < -0.39 is 16.4 Å². The third-order valence-electron chi connectivity index (χ3n) is 4.20. The first-order chi connectivity index (χ1) is 12.1. The lowest BCUT2D eigenvalue weighted by Crippen LogP contribution is -2.48. The molecular weight excluding hydrogens is 338 g/mol. The predicted molar refractivity (Wildman–Crippen MR) is 98.2 cm³/mol. The highest BCUT2D eigenvalue weighted by Gasteiger charge is 2.26. The first kappa shape index (κ1) is 19.6. The second-order valence-electron chi connectivity index (χ2n) is 7.12. The maximum Gasteiger partial charge on any atom is 0.293 e. The number of anilines is 1. The van der Waals surface area contributed by atoms with Gasteiger partial charge in [-0.15, -0.1) is 0 Å². The van der Waals surface area contributed by atoms with Crippen molar-refractivity contribution in [3.8, 4) is 0 Å². The van der Waals surface area contributed by atoms with Crippen LogP contribution in [0.2, 0.25) is 0 Å². The molecule has 0 aliphatic carbocycles. The van der Waals surface area contributed by atoms with Crippen LogP contribution in [-0.2, 0) is 4.79 Å². The van der Waals surface area contributed by atoms with Crippen LogP contribution in [0.25, 0.3) is 0 Å². The van der Waals surface area contributed by atoms with Crippen LogP contribution in [0.1, 0.15) is 31.1 Å². The van der Waals surface area contributed by atoms with Gasteiger partial charge in [-0.2, -0.15) is 0 Å². The molecule has 0 spiro atoms. The molecule has 26 heavy (non-hydrogen) atoms. The van der Waals surface area contributed by atoms with Gasteiger partial charge in [0.05, 0.1) is 4.92 Å². The number of benzene rings is 1. The number of piperazine rings is 1. The summed E-state index contributed by atoms with van der Waals surface area (Å²) in [6.07, 6.45) is 0. The van der Waals surface area contributed by atoms with Crippen molar-refractivity contribution in [1.29, 1.82) is 0 Å². The Balaban J connectivity index is 2.18. The molecule has 1 heterocycles. The molecule has 1 aromatic rings.